The summed E-state index contributed by atoms with van der Waals surface area (Å²) in [6.45, 7) is 4.05. The molecule has 198 valence electrons. The molecule has 5 aromatic rings. The fraction of sp³-hybridized carbons (Fsp3) is 0.143. The molecule has 0 bridgehead atoms. The Labute approximate surface area is 244 Å². The highest BCUT2D eigenvalue weighted by atomic mass is 35.5. The van der Waals surface area contributed by atoms with Crippen LogP contribution in [0.2, 0.25) is 10.0 Å². The minimum Gasteiger partial charge on any atom is -0.497 e. The summed E-state index contributed by atoms with van der Waals surface area (Å²) in [4.78, 5) is 17.3. The van der Waals surface area contributed by atoms with Gasteiger partial charge in [-0.15, -0.1) is 21.5 Å². The SMILES string of the molecule is COc1cccc(-c2nnc(SCc3nc(C(=O)Nc4ccc(C)c(C)c4)cs3)n2-c2cc(Cl)ccc2Cl)c1. The van der Waals surface area contributed by atoms with Crippen molar-refractivity contribution in [2.45, 2.75) is 24.8 Å². The maximum atomic E-state index is 12.8. The minimum absolute atomic E-state index is 0.250. The molecule has 2 aromatic heterocycles. The minimum atomic E-state index is -0.250. The van der Waals surface area contributed by atoms with Crippen LogP contribution in [0.5, 0.6) is 5.75 Å². The van der Waals surface area contributed by atoms with Crippen LogP contribution in [-0.4, -0.2) is 32.8 Å². The van der Waals surface area contributed by atoms with E-state index < -0.39 is 0 Å². The molecule has 0 aliphatic rings. The number of methoxy groups -OCH3 is 1. The van der Waals surface area contributed by atoms with E-state index in [1.807, 2.05) is 60.9 Å². The summed E-state index contributed by atoms with van der Waals surface area (Å²) in [5, 5.41) is 16.0. The van der Waals surface area contributed by atoms with Gasteiger partial charge >= 0.3 is 0 Å². The van der Waals surface area contributed by atoms with Crippen molar-refractivity contribution in [1.82, 2.24) is 19.7 Å². The molecule has 0 aliphatic carbocycles. The first-order chi connectivity index (χ1) is 18.8. The summed E-state index contributed by atoms with van der Waals surface area (Å²) in [5.41, 5.74) is 4.85. The number of aromatic nitrogens is 4. The highest BCUT2D eigenvalue weighted by Gasteiger charge is 2.20. The lowest BCUT2D eigenvalue weighted by molar-refractivity contribution is 0.102. The zero-order valence-corrected chi connectivity index (χ0v) is 24.4. The van der Waals surface area contributed by atoms with Crippen LogP contribution in [-0.2, 0) is 5.75 Å². The average molecular weight is 597 g/mol. The van der Waals surface area contributed by atoms with E-state index in [0.717, 1.165) is 21.8 Å². The Hall–Kier alpha value is -3.37. The Balaban J connectivity index is 1.40. The van der Waals surface area contributed by atoms with Gasteiger partial charge in [0.2, 0.25) is 0 Å². The molecule has 0 spiro atoms. The summed E-state index contributed by atoms with van der Waals surface area (Å²) in [6, 6.07) is 18.6. The van der Waals surface area contributed by atoms with E-state index >= 15 is 0 Å². The van der Waals surface area contributed by atoms with Gasteiger partial charge in [-0.1, -0.05) is 53.2 Å². The molecule has 11 heteroatoms. The van der Waals surface area contributed by atoms with Gasteiger partial charge in [0, 0.05) is 21.7 Å². The van der Waals surface area contributed by atoms with Crippen molar-refractivity contribution in [1.29, 1.82) is 0 Å². The normalized spacial score (nSPS) is 11.0. The van der Waals surface area contributed by atoms with Crippen molar-refractivity contribution >= 4 is 57.9 Å². The van der Waals surface area contributed by atoms with Crippen LogP contribution in [0.3, 0.4) is 0 Å². The van der Waals surface area contributed by atoms with E-state index in [9.17, 15) is 4.79 Å². The van der Waals surface area contributed by atoms with Crippen molar-refractivity contribution in [2.24, 2.45) is 0 Å². The van der Waals surface area contributed by atoms with Gasteiger partial charge in [-0.05, 0) is 67.4 Å². The van der Waals surface area contributed by atoms with Crippen LogP contribution in [0.1, 0.15) is 26.6 Å². The Morgan fingerprint density at radius 3 is 2.69 bits per heavy atom. The highest BCUT2D eigenvalue weighted by Crippen LogP contribution is 2.35. The average Bonchev–Trinajstić information content (AvgIpc) is 3.58. The standard InChI is InChI=1S/C28H23Cl2N5O2S2/c1-16-7-9-20(11-17(16)2)31-27(36)23-14-38-25(32-23)15-39-28-34-33-26(18-5-4-6-21(12-18)37-3)35(28)24-13-19(29)8-10-22(24)30/h4-14H,15H2,1-3H3,(H,31,36). The molecule has 0 radical (unpaired) electrons. The molecule has 2 heterocycles. The maximum absolute atomic E-state index is 12.8. The van der Waals surface area contributed by atoms with Gasteiger partial charge in [0.1, 0.15) is 16.5 Å². The summed E-state index contributed by atoms with van der Waals surface area (Å²) < 4.78 is 7.27. The molecule has 0 saturated carbocycles. The molecular formula is C28H23Cl2N5O2S2. The molecule has 0 aliphatic heterocycles. The van der Waals surface area contributed by atoms with Crippen LogP contribution in [0, 0.1) is 13.8 Å². The monoisotopic (exact) mass is 595 g/mol. The number of benzene rings is 3. The first-order valence-electron chi connectivity index (χ1n) is 11.8. The van der Waals surface area contributed by atoms with Crippen molar-refractivity contribution in [3.8, 4) is 22.8 Å². The third kappa shape index (κ3) is 6.12. The number of rotatable bonds is 8. The molecule has 7 nitrogen and oxygen atoms in total. The number of hydrogen-bond donors (Lipinski definition) is 1. The van der Waals surface area contributed by atoms with Gasteiger partial charge < -0.3 is 10.1 Å². The predicted octanol–water partition coefficient (Wildman–Crippen LogP) is 7.87. The lowest BCUT2D eigenvalue weighted by Crippen LogP contribution is -2.12. The fourth-order valence-corrected chi connectivity index (χ4v) is 5.91. The fourth-order valence-electron chi connectivity index (χ4n) is 3.81. The molecular weight excluding hydrogens is 573 g/mol. The number of aryl methyl sites for hydroxylation is 2. The number of carbonyl (C=O) groups is 1. The van der Waals surface area contributed by atoms with Gasteiger partial charge in [0.05, 0.1) is 23.6 Å². The van der Waals surface area contributed by atoms with Crippen LogP contribution in [0.15, 0.2) is 71.2 Å². The maximum Gasteiger partial charge on any atom is 0.275 e. The number of thiazole rings is 1. The number of nitrogens with one attached hydrogen (secondary N) is 1. The lowest BCUT2D eigenvalue weighted by Gasteiger charge is -2.12. The van der Waals surface area contributed by atoms with Crippen LogP contribution in [0.25, 0.3) is 17.1 Å². The molecule has 0 atom stereocenters. The molecule has 0 saturated heterocycles. The first kappa shape index (κ1) is 27.2. The highest BCUT2D eigenvalue weighted by molar-refractivity contribution is 7.98. The second kappa shape index (κ2) is 11.8. The van der Waals surface area contributed by atoms with E-state index in [1.165, 1.54) is 28.7 Å². The van der Waals surface area contributed by atoms with Crippen LogP contribution < -0.4 is 10.1 Å². The van der Waals surface area contributed by atoms with Gasteiger partial charge in [-0.25, -0.2) is 4.98 Å². The van der Waals surface area contributed by atoms with Crippen LogP contribution >= 0.6 is 46.3 Å². The van der Waals surface area contributed by atoms with Gasteiger partial charge in [-0.2, -0.15) is 0 Å². The molecule has 5 rings (SSSR count). The van der Waals surface area contributed by atoms with E-state index in [0.29, 0.717) is 43.9 Å². The third-order valence-corrected chi connectivity index (χ3v) is 8.51. The number of ether oxygens (including phenoxy) is 1. The number of hydrogen-bond acceptors (Lipinski definition) is 7. The number of amides is 1. The Morgan fingerprint density at radius 1 is 1.05 bits per heavy atom. The number of halogens is 2. The van der Waals surface area contributed by atoms with Crippen molar-refractivity contribution in [3.63, 3.8) is 0 Å². The van der Waals surface area contributed by atoms with E-state index in [4.69, 9.17) is 27.9 Å². The second-order valence-corrected chi connectivity index (χ2v) is 11.4. The Bertz CT molecular complexity index is 1670. The van der Waals surface area contributed by atoms with E-state index in [1.54, 1.807) is 30.7 Å². The van der Waals surface area contributed by atoms with Gasteiger partial charge in [-0.3, -0.25) is 9.36 Å². The van der Waals surface area contributed by atoms with Gasteiger partial charge in [0.15, 0.2) is 11.0 Å². The number of thioether (sulfide) groups is 1. The number of anilines is 1. The number of nitrogens with zero attached hydrogens (tertiary/aromatic N) is 4. The topological polar surface area (TPSA) is 81.9 Å². The smallest absolute Gasteiger partial charge is 0.275 e. The summed E-state index contributed by atoms with van der Waals surface area (Å²) >= 11 is 15.8. The Kier molecular flexibility index (Phi) is 8.23. The van der Waals surface area contributed by atoms with Crippen LogP contribution in [0.4, 0.5) is 5.69 Å². The molecule has 3 aromatic carbocycles. The van der Waals surface area contributed by atoms with Crippen molar-refractivity contribution < 1.29 is 9.53 Å². The zero-order chi connectivity index (χ0) is 27.5. The predicted molar refractivity (Wildman–Crippen MR) is 159 cm³/mol. The molecule has 39 heavy (non-hydrogen) atoms. The van der Waals surface area contributed by atoms with E-state index in [2.05, 4.69) is 20.5 Å². The van der Waals surface area contributed by atoms with Gasteiger partial charge in [0.25, 0.3) is 5.91 Å². The summed E-state index contributed by atoms with van der Waals surface area (Å²) in [5.74, 6) is 1.52. The zero-order valence-electron chi connectivity index (χ0n) is 21.2. The second-order valence-electron chi connectivity index (χ2n) is 8.64. The first-order valence-corrected chi connectivity index (χ1v) is 14.5. The quantitative estimate of drug-likeness (QED) is 0.184. The Morgan fingerprint density at radius 2 is 1.90 bits per heavy atom. The largest absolute Gasteiger partial charge is 0.497 e. The number of carbonyl (C=O) groups excluding carboxylic acids is 1. The molecule has 1 N–H and O–H groups in total. The lowest BCUT2D eigenvalue weighted by atomic mass is 10.1. The molecule has 1 amide bonds. The van der Waals surface area contributed by atoms with E-state index in [-0.39, 0.29) is 5.91 Å². The third-order valence-electron chi connectivity index (χ3n) is 5.98. The van der Waals surface area contributed by atoms with Crippen molar-refractivity contribution in [2.75, 3.05) is 12.4 Å². The molecule has 0 unspecified atom stereocenters. The summed E-state index contributed by atoms with van der Waals surface area (Å²) in [6.07, 6.45) is 0. The molecule has 0 fully saturated rings. The summed E-state index contributed by atoms with van der Waals surface area (Å²) in [7, 11) is 1.61. The van der Waals surface area contributed by atoms with Crippen molar-refractivity contribution in [3.05, 3.63) is 97.9 Å².